The van der Waals surface area contributed by atoms with Crippen molar-refractivity contribution >= 4 is 5.82 Å². The molecule has 2 aromatic rings. The van der Waals surface area contributed by atoms with Gasteiger partial charge >= 0.3 is 0 Å². The number of aromatic nitrogens is 3. The summed E-state index contributed by atoms with van der Waals surface area (Å²) < 4.78 is 0. The number of aryl methyl sites for hydroxylation is 1. The van der Waals surface area contributed by atoms with Crippen molar-refractivity contribution in [3.63, 3.8) is 0 Å². The van der Waals surface area contributed by atoms with E-state index in [1.165, 1.54) is 18.4 Å². The zero-order valence-electron chi connectivity index (χ0n) is 12.1. The Hall–Kier alpha value is -1.97. The molecule has 104 valence electrons. The molecule has 0 unspecified atom stereocenters. The van der Waals surface area contributed by atoms with Crippen molar-refractivity contribution in [2.24, 2.45) is 0 Å². The Bertz CT molecular complexity index is 605. The van der Waals surface area contributed by atoms with Crippen molar-refractivity contribution in [1.82, 2.24) is 15.0 Å². The zero-order valence-corrected chi connectivity index (χ0v) is 12.1. The van der Waals surface area contributed by atoms with Gasteiger partial charge in [0.25, 0.3) is 0 Å². The summed E-state index contributed by atoms with van der Waals surface area (Å²) in [5.41, 5.74) is 3.26. The molecule has 1 saturated carbocycles. The Balaban J connectivity index is 2.07. The fourth-order valence-corrected chi connectivity index (χ4v) is 2.36. The summed E-state index contributed by atoms with van der Waals surface area (Å²) in [6.07, 6.45) is 5.24. The van der Waals surface area contributed by atoms with Gasteiger partial charge in [0, 0.05) is 30.4 Å². The van der Waals surface area contributed by atoms with Crippen LogP contribution < -0.4 is 5.32 Å². The first-order chi connectivity index (χ1) is 9.81. The Kier molecular flexibility index (Phi) is 3.63. The molecular weight excluding hydrogens is 248 g/mol. The van der Waals surface area contributed by atoms with Crippen LogP contribution in [0.4, 0.5) is 5.82 Å². The first kappa shape index (κ1) is 13.0. The van der Waals surface area contributed by atoms with Gasteiger partial charge in [0.1, 0.15) is 11.5 Å². The van der Waals surface area contributed by atoms with Gasteiger partial charge in [0.05, 0.1) is 0 Å². The normalized spacial score (nSPS) is 14.3. The van der Waals surface area contributed by atoms with Gasteiger partial charge < -0.3 is 5.32 Å². The number of nitrogens with zero attached hydrogens (tertiary/aromatic N) is 3. The molecule has 1 aliphatic rings. The lowest BCUT2D eigenvalue weighted by molar-refractivity contribution is 0.974. The van der Waals surface area contributed by atoms with Crippen LogP contribution in [0.5, 0.6) is 0 Å². The third kappa shape index (κ3) is 2.64. The largest absolute Gasteiger partial charge is 0.370 e. The number of pyridine rings is 1. The standard InChI is InChI=1S/C16H20N4/c1-3-11-6-5-9-18-15(11)16-19-13(12-7-8-12)10-14(20-16)17-4-2/h5-6,9-10,12H,3-4,7-8H2,1-2H3,(H,17,19,20). The first-order valence-corrected chi connectivity index (χ1v) is 7.39. The molecule has 1 N–H and O–H groups in total. The molecule has 1 fully saturated rings. The summed E-state index contributed by atoms with van der Waals surface area (Å²) in [7, 11) is 0. The van der Waals surface area contributed by atoms with Crippen LogP contribution in [0.15, 0.2) is 24.4 Å². The lowest BCUT2D eigenvalue weighted by atomic mass is 10.1. The molecule has 2 aromatic heterocycles. The zero-order chi connectivity index (χ0) is 13.9. The number of hydrogen-bond acceptors (Lipinski definition) is 4. The minimum absolute atomic E-state index is 0.614. The minimum Gasteiger partial charge on any atom is -0.370 e. The fourth-order valence-electron chi connectivity index (χ4n) is 2.36. The molecule has 0 atom stereocenters. The van der Waals surface area contributed by atoms with Crippen LogP contribution in [0.2, 0.25) is 0 Å². The molecular formula is C16H20N4. The predicted octanol–water partition coefficient (Wildman–Crippen LogP) is 3.41. The van der Waals surface area contributed by atoms with Gasteiger partial charge in [-0.1, -0.05) is 13.0 Å². The molecule has 0 aliphatic heterocycles. The molecule has 0 spiro atoms. The maximum atomic E-state index is 4.74. The minimum atomic E-state index is 0.614. The molecule has 4 nitrogen and oxygen atoms in total. The monoisotopic (exact) mass is 268 g/mol. The summed E-state index contributed by atoms with van der Waals surface area (Å²) in [5.74, 6) is 2.28. The highest BCUT2D eigenvalue weighted by Crippen LogP contribution is 2.40. The van der Waals surface area contributed by atoms with Crippen LogP contribution >= 0.6 is 0 Å². The third-order valence-electron chi connectivity index (χ3n) is 3.58. The maximum absolute atomic E-state index is 4.74. The highest BCUT2D eigenvalue weighted by atomic mass is 15.0. The Morgan fingerprint density at radius 1 is 1.25 bits per heavy atom. The van der Waals surface area contributed by atoms with Crippen molar-refractivity contribution in [2.45, 2.75) is 39.0 Å². The Morgan fingerprint density at radius 3 is 2.80 bits per heavy atom. The molecule has 0 radical (unpaired) electrons. The number of nitrogens with one attached hydrogen (secondary N) is 1. The summed E-state index contributed by atoms with van der Waals surface area (Å²) >= 11 is 0. The molecule has 0 bridgehead atoms. The van der Waals surface area contributed by atoms with Gasteiger partial charge in [-0.2, -0.15) is 0 Å². The van der Waals surface area contributed by atoms with Gasteiger partial charge in [-0.05, 0) is 37.8 Å². The topological polar surface area (TPSA) is 50.7 Å². The highest BCUT2D eigenvalue weighted by molar-refractivity contribution is 5.57. The van der Waals surface area contributed by atoms with Crippen molar-refractivity contribution in [2.75, 3.05) is 11.9 Å². The van der Waals surface area contributed by atoms with Crippen LogP contribution in [-0.2, 0) is 6.42 Å². The molecule has 0 saturated heterocycles. The quantitative estimate of drug-likeness (QED) is 0.902. The van der Waals surface area contributed by atoms with Gasteiger partial charge in [0.15, 0.2) is 5.82 Å². The van der Waals surface area contributed by atoms with Crippen molar-refractivity contribution < 1.29 is 0 Å². The van der Waals surface area contributed by atoms with E-state index in [1.54, 1.807) is 0 Å². The van der Waals surface area contributed by atoms with Crippen molar-refractivity contribution in [1.29, 1.82) is 0 Å². The van der Waals surface area contributed by atoms with E-state index in [2.05, 4.69) is 41.3 Å². The Morgan fingerprint density at radius 2 is 2.10 bits per heavy atom. The summed E-state index contributed by atoms with van der Waals surface area (Å²) in [6.45, 7) is 5.08. The van der Waals surface area contributed by atoms with Gasteiger partial charge in [-0.3, -0.25) is 4.98 Å². The van der Waals surface area contributed by atoms with E-state index in [0.29, 0.717) is 5.92 Å². The van der Waals surface area contributed by atoms with Crippen molar-refractivity contribution in [3.05, 3.63) is 35.7 Å². The molecule has 1 aliphatic carbocycles. The molecule has 3 rings (SSSR count). The second-order valence-electron chi connectivity index (χ2n) is 5.17. The molecule has 0 amide bonds. The molecule has 20 heavy (non-hydrogen) atoms. The molecule has 2 heterocycles. The van der Waals surface area contributed by atoms with Crippen LogP contribution in [0, 0.1) is 0 Å². The van der Waals surface area contributed by atoms with Gasteiger partial charge in [0.2, 0.25) is 0 Å². The van der Waals surface area contributed by atoms with E-state index < -0.39 is 0 Å². The summed E-state index contributed by atoms with van der Waals surface area (Å²) in [4.78, 5) is 13.9. The van der Waals surface area contributed by atoms with E-state index in [9.17, 15) is 0 Å². The van der Waals surface area contributed by atoms with E-state index in [-0.39, 0.29) is 0 Å². The first-order valence-electron chi connectivity index (χ1n) is 7.39. The molecule has 0 aromatic carbocycles. The van der Waals surface area contributed by atoms with E-state index in [0.717, 1.165) is 36.0 Å². The van der Waals surface area contributed by atoms with Crippen LogP contribution in [-0.4, -0.2) is 21.5 Å². The smallest absolute Gasteiger partial charge is 0.180 e. The Labute approximate surface area is 119 Å². The summed E-state index contributed by atoms with van der Waals surface area (Å²) in [5, 5.41) is 3.30. The second-order valence-corrected chi connectivity index (χ2v) is 5.17. The van der Waals surface area contributed by atoms with Crippen LogP contribution in [0.1, 0.15) is 43.9 Å². The maximum Gasteiger partial charge on any atom is 0.180 e. The fraction of sp³-hybridized carbons (Fsp3) is 0.438. The average Bonchev–Trinajstić information content (AvgIpc) is 3.32. The average molecular weight is 268 g/mol. The predicted molar refractivity (Wildman–Crippen MR) is 80.8 cm³/mol. The SMILES string of the molecule is CCNc1cc(C2CC2)nc(-c2ncccc2CC)n1. The summed E-state index contributed by atoms with van der Waals surface area (Å²) in [6, 6.07) is 6.15. The van der Waals surface area contributed by atoms with E-state index in [4.69, 9.17) is 4.98 Å². The lowest BCUT2D eigenvalue weighted by Gasteiger charge is -2.10. The number of rotatable bonds is 5. The third-order valence-corrected chi connectivity index (χ3v) is 3.58. The van der Waals surface area contributed by atoms with Gasteiger partial charge in [-0.25, -0.2) is 9.97 Å². The highest BCUT2D eigenvalue weighted by Gasteiger charge is 2.26. The van der Waals surface area contributed by atoms with E-state index in [1.807, 2.05) is 12.3 Å². The van der Waals surface area contributed by atoms with Crippen LogP contribution in [0.25, 0.3) is 11.5 Å². The number of hydrogen-bond donors (Lipinski definition) is 1. The van der Waals surface area contributed by atoms with Crippen LogP contribution in [0.3, 0.4) is 0 Å². The molecule has 4 heteroatoms. The lowest BCUT2D eigenvalue weighted by Crippen LogP contribution is -2.05. The second kappa shape index (κ2) is 5.57. The van der Waals surface area contributed by atoms with Crippen molar-refractivity contribution in [3.8, 4) is 11.5 Å². The van der Waals surface area contributed by atoms with Gasteiger partial charge in [-0.15, -0.1) is 0 Å². The van der Waals surface area contributed by atoms with E-state index >= 15 is 0 Å². The number of anilines is 1.